The van der Waals surface area contributed by atoms with Crippen LogP contribution in [0, 0.1) is 18.6 Å². The number of nitrogens with two attached hydrogens (primary N) is 1. The zero-order valence-electron chi connectivity index (χ0n) is 11.0. The second-order valence-electron chi connectivity index (χ2n) is 4.62. The average molecular weight is 341 g/mol. The van der Waals surface area contributed by atoms with Gasteiger partial charge in [0.1, 0.15) is 11.6 Å². The Morgan fingerprint density at radius 2 is 1.85 bits per heavy atom. The molecule has 5 heteroatoms. The lowest BCUT2D eigenvalue weighted by molar-refractivity contribution is 0.498. The minimum absolute atomic E-state index is 0.0396. The highest BCUT2D eigenvalue weighted by Gasteiger charge is 2.18. The van der Waals surface area contributed by atoms with Crippen LogP contribution in [-0.4, -0.2) is 0 Å². The molecule has 0 spiro atoms. The first-order valence-corrected chi connectivity index (χ1v) is 6.97. The van der Waals surface area contributed by atoms with Crippen molar-refractivity contribution in [2.75, 3.05) is 0 Å². The molecular formula is C15H15BrF2N2. The molecule has 0 fully saturated rings. The molecule has 2 aromatic rings. The Bertz CT molecular complexity index is 597. The first-order chi connectivity index (χ1) is 9.52. The van der Waals surface area contributed by atoms with Crippen molar-refractivity contribution in [3.05, 3.63) is 69.2 Å². The maximum Gasteiger partial charge on any atom is 0.129 e. The van der Waals surface area contributed by atoms with Crippen LogP contribution in [-0.2, 0) is 6.42 Å². The van der Waals surface area contributed by atoms with Gasteiger partial charge in [-0.1, -0.05) is 28.1 Å². The average Bonchev–Trinajstić information content (AvgIpc) is 2.40. The third-order valence-electron chi connectivity index (χ3n) is 3.28. The van der Waals surface area contributed by atoms with Crippen molar-refractivity contribution in [2.45, 2.75) is 19.4 Å². The lowest BCUT2D eigenvalue weighted by Crippen LogP contribution is -2.30. The molecule has 0 saturated carbocycles. The number of hydrazine groups is 1. The Morgan fingerprint density at radius 1 is 1.20 bits per heavy atom. The quantitative estimate of drug-likeness (QED) is 0.656. The van der Waals surface area contributed by atoms with Crippen molar-refractivity contribution >= 4 is 15.9 Å². The van der Waals surface area contributed by atoms with Crippen LogP contribution in [0.3, 0.4) is 0 Å². The summed E-state index contributed by atoms with van der Waals surface area (Å²) in [5.74, 6) is 4.44. The monoisotopic (exact) mass is 340 g/mol. The summed E-state index contributed by atoms with van der Waals surface area (Å²) in [7, 11) is 0. The highest BCUT2D eigenvalue weighted by Crippen LogP contribution is 2.26. The Hall–Kier alpha value is -1.30. The van der Waals surface area contributed by atoms with Crippen LogP contribution >= 0.6 is 15.9 Å². The maximum absolute atomic E-state index is 13.7. The molecule has 2 aromatic carbocycles. The summed E-state index contributed by atoms with van der Waals surface area (Å²) in [6.45, 7) is 1.93. The minimum atomic E-state index is -0.556. The third-order valence-corrected chi connectivity index (χ3v) is 3.77. The lowest BCUT2D eigenvalue weighted by atomic mass is 9.95. The van der Waals surface area contributed by atoms with E-state index in [4.69, 9.17) is 5.84 Å². The fourth-order valence-electron chi connectivity index (χ4n) is 2.22. The molecule has 0 saturated heterocycles. The fourth-order valence-corrected chi connectivity index (χ4v) is 2.70. The van der Waals surface area contributed by atoms with E-state index in [1.54, 1.807) is 0 Å². The number of rotatable bonds is 4. The van der Waals surface area contributed by atoms with Crippen LogP contribution in [0.4, 0.5) is 8.78 Å². The molecule has 0 aliphatic carbocycles. The summed E-state index contributed by atoms with van der Waals surface area (Å²) < 4.78 is 28.4. The molecule has 2 rings (SSSR count). The molecule has 20 heavy (non-hydrogen) atoms. The minimum Gasteiger partial charge on any atom is -0.271 e. The van der Waals surface area contributed by atoms with Gasteiger partial charge in [0.05, 0.1) is 6.04 Å². The van der Waals surface area contributed by atoms with Crippen molar-refractivity contribution in [2.24, 2.45) is 5.84 Å². The van der Waals surface area contributed by atoms with Gasteiger partial charge in [-0.05, 0) is 48.7 Å². The van der Waals surface area contributed by atoms with Gasteiger partial charge < -0.3 is 0 Å². The van der Waals surface area contributed by atoms with Gasteiger partial charge in [-0.3, -0.25) is 11.3 Å². The second kappa shape index (κ2) is 6.43. The normalized spacial score (nSPS) is 12.4. The van der Waals surface area contributed by atoms with Gasteiger partial charge in [-0.2, -0.15) is 0 Å². The van der Waals surface area contributed by atoms with Crippen molar-refractivity contribution in [3.63, 3.8) is 0 Å². The SMILES string of the molecule is Cc1cc(Br)ccc1C(Cc1c(F)cccc1F)NN. The van der Waals surface area contributed by atoms with Crippen molar-refractivity contribution in [1.82, 2.24) is 5.43 Å². The molecule has 0 aliphatic rings. The van der Waals surface area contributed by atoms with Crippen LogP contribution in [0.2, 0.25) is 0 Å². The van der Waals surface area contributed by atoms with Crippen LogP contribution in [0.5, 0.6) is 0 Å². The highest BCUT2D eigenvalue weighted by molar-refractivity contribution is 9.10. The van der Waals surface area contributed by atoms with Gasteiger partial charge in [0, 0.05) is 10.0 Å². The van der Waals surface area contributed by atoms with E-state index in [2.05, 4.69) is 21.4 Å². The summed E-state index contributed by atoms with van der Waals surface area (Å²) in [6, 6.07) is 9.21. The molecule has 3 N–H and O–H groups in total. The van der Waals surface area contributed by atoms with Crippen LogP contribution in [0.15, 0.2) is 40.9 Å². The van der Waals surface area contributed by atoms with Crippen LogP contribution < -0.4 is 11.3 Å². The highest BCUT2D eigenvalue weighted by atomic mass is 79.9. The molecule has 0 bridgehead atoms. The summed E-state index contributed by atoms with van der Waals surface area (Å²) in [4.78, 5) is 0. The first-order valence-electron chi connectivity index (χ1n) is 6.18. The Balaban J connectivity index is 2.34. The molecule has 0 heterocycles. The maximum atomic E-state index is 13.7. The first kappa shape index (κ1) is 15.1. The van der Waals surface area contributed by atoms with Gasteiger partial charge in [0.2, 0.25) is 0 Å². The molecule has 2 nitrogen and oxygen atoms in total. The molecule has 0 aliphatic heterocycles. The van der Waals surface area contributed by atoms with Gasteiger partial charge in [0.15, 0.2) is 0 Å². The van der Waals surface area contributed by atoms with Crippen LogP contribution in [0.1, 0.15) is 22.7 Å². The number of hydrogen-bond donors (Lipinski definition) is 2. The second-order valence-corrected chi connectivity index (χ2v) is 5.54. The molecule has 0 radical (unpaired) electrons. The van der Waals surface area contributed by atoms with E-state index >= 15 is 0 Å². The number of aryl methyl sites for hydroxylation is 1. The lowest BCUT2D eigenvalue weighted by Gasteiger charge is -2.19. The third kappa shape index (κ3) is 3.23. The van der Waals surface area contributed by atoms with Gasteiger partial charge >= 0.3 is 0 Å². The number of benzene rings is 2. The van der Waals surface area contributed by atoms with E-state index in [1.807, 2.05) is 25.1 Å². The molecule has 1 unspecified atom stereocenters. The zero-order chi connectivity index (χ0) is 14.7. The van der Waals surface area contributed by atoms with Crippen molar-refractivity contribution in [1.29, 1.82) is 0 Å². The summed E-state index contributed by atoms with van der Waals surface area (Å²) >= 11 is 3.39. The smallest absolute Gasteiger partial charge is 0.129 e. The van der Waals surface area contributed by atoms with E-state index in [1.165, 1.54) is 18.2 Å². The molecule has 1 atom stereocenters. The van der Waals surface area contributed by atoms with Crippen LogP contribution in [0.25, 0.3) is 0 Å². The van der Waals surface area contributed by atoms with E-state index in [-0.39, 0.29) is 18.0 Å². The standard InChI is InChI=1S/C15H15BrF2N2/c1-9-7-10(16)5-6-11(9)15(20-19)8-12-13(17)3-2-4-14(12)18/h2-7,15,20H,8,19H2,1H3. The largest absolute Gasteiger partial charge is 0.271 e. The number of hydrogen-bond acceptors (Lipinski definition) is 2. The van der Waals surface area contributed by atoms with E-state index in [0.29, 0.717) is 0 Å². The summed E-state index contributed by atoms with van der Waals surface area (Å²) in [6.07, 6.45) is 0.150. The number of halogens is 3. The molecule has 0 amide bonds. The predicted molar refractivity (Wildman–Crippen MR) is 79.0 cm³/mol. The van der Waals surface area contributed by atoms with E-state index < -0.39 is 11.6 Å². The van der Waals surface area contributed by atoms with E-state index in [9.17, 15) is 8.78 Å². The van der Waals surface area contributed by atoms with Gasteiger partial charge in [0.25, 0.3) is 0 Å². The Morgan fingerprint density at radius 3 is 2.40 bits per heavy atom. The Labute approximate surface area is 125 Å². The summed E-state index contributed by atoms with van der Waals surface area (Å²) in [5.41, 5.74) is 4.59. The van der Waals surface area contributed by atoms with Gasteiger partial charge in [-0.15, -0.1) is 0 Å². The topological polar surface area (TPSA) is 38.0 Å². The van der Waals surface area contributed by atoms with Gasteiger partial charge in [-0.25, -0.2) is 8.78 Å². The van der Waals surface area contributed by atoms with Crippen molar-refractivity contribution < 1.29 is 8.78 Å². The summed E-state index contributed by atoms with van der Waals surface area (Å²) in [5, 5.41) is 0. The predicted octanol–water partition coefficient (Wildman–Crippen LogP) is 3.78. The zero-order valence-corrected chi connectivity index (χ0v) is 12.5. The Kier molecular flexibility index (Phi) is 4.86. The molecule has 106 valence electrons. The molecular weight excluding hydrogens is 326 g/mol. The molecule has 0 aromatic heterocycles. The van der Waals surface area contributed by atoms with Crippen molar-refractivity contribution in [3.8, 4) is 0 Å². The van der Waals surface area contributed by atoms with E-state index in [0.717, 1.165) is 15.6 Å². The fraction of sp³-hybridized carbons (Fsp3) is 0.200. The number of nitrogens with one attached hydrogen (secondary N) is 1.